The molecule has 0 aromatic rings. The molecule has 0 spiro atoms. The molecule has 20 heavy (non-hydrogen) atoms. The summed E-state index contributed by atoms with van der Waals surface area (Å²) >= 11 is 0. The minimum atomic E-state index is -0.639. The first-order valence-corrected chi connectivity index (χ1v) is 6.93. The molecule has 5 N–H and O–H groups in total. The zero-order valence-corrected chi connectivity index (χ0v) is 12.1. The molecule has 2 amide bonds. The molecular formula is C13H25N3O4. The zero-order valence-electron chi connectivity index (χ0n) is 12.1. The van der Waals surface area contributed by atoms with Crippen LogP contribution >= 0.6 is 0 Å². The first kappa shape index (κ1) is 16.9. The smallest absolute Gasteiger partial charge is 0.239 e. The molecule has 0 saturated carbocycles. The van der Waals surface area contributed by atoms with Gasteiger partial charge in [0.15, 0.2) is 0 Å². The lowest BCUT2D eigenvalue weighted by Crippen LogP contribution is -2.57. The van der Waals surface area contributed by atoms with Crippen molar-refractivity contribution < 1.29 is 19.4 Å². The molecule has 7 heteroatoms. The van der Waals surface area contributed by atoms with Gasteiger partial charge in [0.2, 0.25) is 11.8 Å². The lowest BCUT2D eigenvalue weighted by atomic mass is 9.91. The second kappa shape index (κ2) is 7.56. The van der Waals surface area contributed by atoms with E-state index in [9.17, 15) is 14.7 Å². The lowest BCUT2D eigenvalue weighted by molar-refractivity contribution is -0.129. The van der Waals surface area contributed by atoms with Gasteiger partial charge in [0, 0.05) is 13.2 Å². The molecule has 0 aliphatic carbocycles. The highest BCUT2D eigenvalue weighted by Gasteiger charge is 2.33. The molecule has 0 bridgehead atoms. The van der Waals surface area contributed by atoms with Crippen LogP contribution in [0.15, 0.2) is 0 Å². The number of aliphatic hydroxyl groups is 1. The number of ether oxygens (including phenoxy) is 1. The Balaban J connectivity index is 2.41. The fourth-order valence-electron chi connectivity index (χ4n) is 2.01. The summed E-state index contributed by atoms with van der Waals surface area (Å²) in [5, 5.41) is 14.7. The molecule has 1 aliphatic rings. The highest BCUT2D eigenvalue weighted by molar-refractivity contribution is 5.87. The monoisotopic (exact) mass is 287 g/mol. The van der Waals surface area contributed by atoms with Crippen LogP contribution in [0.3, 0.4) is 0 Å². The zero-order chi connectivity index (χ0) is 15.2. The number of amides is 2. The van der Waals surface area contributed by atoms with Crippen LogP contribution in [0.5, 0.6) is 0 Å². The van der Waals surface area contributed by atoms with Crippen molar-refractivity contribution in [2.45, 2.75) is 38.3 Å². The van der Waals surface area contributed by atoms with Crippen LogP contribution in [0.2, 0.25) is 0 Å². The first-order chi connectivity index (χ1) is 9.40. The van der Waals surface area contributed by atoms with Gasteiger partial charge in [0.05, 0.1) is 24.7 Å². The molecule has 0 aromatic heterocycles. The van der Waals surface area contributed by atoms with Gasteiger partial charge in [-0.05, 0) is 18.8 Å². The minimum Gasteiger partial charge on any atom is -0.394 e. The third-order valence-electron chi connectivity index (χ3n) is 3.60. The van der Waals surface area contributed by atoms with Crippen molar-refractivity contribution in [3.05, 3.63) is 0 Å². The number of nitrogens with one attached hydrogen (secondary N) is 2. The van der Waals surface area contributed by atoms with Crippen molar-refractivity contribution in [2.75, 3.05) is 26.4 Å². The molecule has 1 heterocycles. The van der Waals surface area contributed by atoms with E-state index in [1.54, 1.807) is 0 Å². The predicted molar refractivity (Wildman–Crippen MR) is 73.8 cm³/mol. The van der Waals surface area contributed by atoms with E-state index < -0.39 is 11.6 Å². The number of rotatable bonds is 6. The summed E-state index contributed by atoms with van der Waals surface area (Å²) < 4.78 is 5.22. The molecule has 0 aromatic carbocycles. The number of hydrogen-bond donors (Lipinski definition) is 4. The predicted octanol–water partition coefficient (Wildman–Crippen LogP) is -1.26. The van der Waals surface area contributed by atoms with Crippen LogP contribution in [0.25, 0.3) is 0 Å². The van der Waals surface area contributed by atoms with Crippen LogP contribution in [-0.4, -0.2) is 54.9 Å². The Morgan fingerprint density at radius 3 is 2.45 bits per heavy atom. The van der Waals surface area contributed by atoms with E-state index in [1.807, 2.05) is 13.8 Å². The lowest BCUT2D eigenvalue weighted by Gasteiger charge is -2.36. The van der Waals surface area contributed by atoms with E-state index in [0.29, 0.717) is 26.1 Å². The topological polar surface area (TPSA) is 114 Å². The van der Waals surface area contributed by atoms with Gasteiger partial charge in [-0.25, -0.2) is 0 Å². The Hall–Kier alpha value is -1.18. The summed E-state index contributed by atoms with van der Waals surface area (Å²) in [6, 6.07) is -0.627. The summed E-state index contributed by atoms with van der Waals surface area (Å²) in [4.78, 5) is 23.5. The van der Waals surface area contributed by atoms with Gasteiger partial charge in [0.1, 0.15) is 0 Å². The average Bonchev–Trinajstić information content (AvgIpc) is 2.44. The molecule has 1 rings (SSSR count). The molecule has 1 saturated heterocycles. The second-order valence-corrected chi connectivity index (χ2v) is 5.59. The van der Waals surface area contributed by atoms with Gasteiger partial charge in [-0.2, -0.15) is 0 Å². The van der Waals surface area contributed by atoms with Crippen molar-refractivity contribution in [1.29, 1.82) is 0 Å². The molecule has 7 nitrogen and oxygen atoms in total. The van der Waals surface area contributed by atoms with E-state index in [0.717, 1.165) is 0 Å². The number of nitrogens with two attached hydrogens (primary N) is 1. The van der Waals surface area contributed by atoms with E-state index in [2.05, 4.69) is 10.6 Å². The van der Waals surface area contributed by atoms with Gasteiger partial charge in [-0.1, -0.05) is 13.8 Å². The Bertz CT molecular complexity index is 341. The second-order valence-electron chi connectivity index (χ2n) is 5.59. The van der Waals surface area contributed by atoms with Crippen molar-refractivity contribution in [1.82, 2.24) is 10.6 Å². The van der Waals surface area contributed by atoms with Gasteiger partial charge in [0.25, 0.3) is 0 Å². The maximum atomic E-state index is 11.9. The van der Waals surface area contributed by atoms with Gasteiger partial charge in [-0.15, -0.1) is 0 Å². The maximum Gasteiger partial charge on any atom is 0.239 e. The summed E-state index contributed by atoms with van der Waals surface area (Å²) in [5.74, 6) is -0.664. The van der Waals surface area contributed by atoms with Gasteiger partial charge in [-0.3, -0.25) is 9.59 Å². The van der Waals surface area contributed by atoms with Crippen molar-refractivity contribution in [3.8, 4) is 0 Å². The van der Waals surface area contributed by atoms with E-state index in [1.165, 1.54) is 0 Å². The normalized spacial score (nSPS) is 19.4. The maximum absolute atomic E-state index is 11.9. The number of carbonyl (C=O) groups is 2. The largest absolute Gasteiger partial charge is 0.394 e. The Kier molecular flexibility index (Phi) is 6.38. The third-order valence-corrected chi connectivity index (χ3v) is 3.60. The van der Waals surface area contributed by atoms with Crippen LogP contribution < -0.4 is 16.4 Å². The summed E-state index contributed by atoms with van der Waals surface area (Å²) in [7, 11) is 0. The minimum absolute atomic E-state index is 0.0114. The average molecular weight is 287 g/mol. The molecule has 1 aliphatic heterocycles. The first-order valence-electron chi connectivity index (χ1n) is 6.93. The number of carbonyl (C=O) groups excluding carboxylic acids is 2. The quantitative estimate of drug-likeness (QED) is 0.487. The van der Waals surface area contributed by atoms with Crippen LogP contribution in [0, 0.1) is 5.92 Å². The van der Waals surface area contributed by atoms with Gasteiger partial charge < -0.3 is 26.2 Å². The molecule has 1 fully saturated rings. The summed E-state index contributed by atoms with van der Waals surface area (Å²) in [5.41, 5.74) is 5.04. The van der Waals surface area contributed by atoms with Crippen molar-refractivity contribution in [3.63, 3.8) is 0 Å². The van der Waals surface area contributed by atoms with Crippen LogP contribution in [-0.2, 0) is 14.3 Å². The summed E-state index contributed by atoms with van der Waals surface area (Å²) in [6.45, 7) is 4.42. The molecule has 0 radical (unpaired) electrons. The number of aliphatic hydroxyl groups excluding tert-OH is 1. The highest BCUT2D eigenvalue weighted by atomic mass is 16.5. The molecule has 0 unspecified atom stereocenters. The van der Waals surface area contributed by atoms with Gasteiger partial charge >= 0.3 is 0 Å². The fourth-order valence-corrected chi connectivity index (χ4v) is 2.01. The summed E-state index contributed by atoms with van der Waals surface area (Å²) in [6.07, 6.45) is 1.13. The number of hydrogen-bond acceptors (Lipinski definition) is 5. The molecule has 1 atom stereocenters. The molecule has 116 valence electrons. The Labute approximate surface area is 119 Å². The third kappa shape index (κ3) is 4.73. The Morgan fingerprint density at radius 1 is 1.35 bits per heavy atom. The van der Waals surface area contributed by atoms with E-state index in [-0.39, 0.29) is 30.9 Å². The van der Waals surface area contributed by atoms with Crippen molar-refractivity contribution >= 4 is 11.8 Å². The van der Waals surface area contributed by atoms with E-state index in [4.69, 9.17) is 10.5 Å². The molecular weight excluding hydrogens is 262 g/mol. The Morgan fingerprint density at radius 2 is 1.95 bits per heavy atom. The van der Waals surface area contributed by atoms with Crippen molar-refractivity contribution in [2.24, 2.45) is 11.7 Å². The highest BCUT2D eigenvalue weighted by Crippen LogP contribution is 2.19. The van der Waals surface area contributed by atoms with Crippen LogP contribution in [0.4, 0.5) is 0 Å². The van der Waals surface area contributed by atoms with E-state index >= 15 is 0 Å². The fraction of sp³-hybridized carbons (Fsp3) is 0.846. The van der Waals surface area contributed by atoms with Crippen LogP contribution in [0.1, 0.15) is 26.7 Å². The SMILES string of the molecule is CC(C)[C@H](N)C(=O)NCC(=O)NC1(CO)CCOCC1. The standard InChI is InChI=1S/C13H25N3O4/c1-9(2)11(14)12(19)15-7-10(18)16-13(8-17)3-5-20-6-4-13/h9,11,17H,3-8,14H2,1-2H3,(H,15,19)(H,16,18)/t11-/m0/s1.